The van der Waals surface area contributed by atoms with Gasteiger partial charge in [-0.3, -0.25) is 9.69 Å². The molecule has 3 rings (SSSR count). The molecule has 2 fully saturated rings. The second kappa shape index (κ2) is 11.3. The van der Waals surface area contributed by atoms with E-state index in [1.54, 1.807) is 0 Å². The number of sulfonamides is 1. The summed E-state index contributed by atoms with van der Waals surface area (Å²) < 4.78 is 36.0. The SMILES string of the molecule is CN(CCOc1cccc(CNC(=O)C2CCN(S(C)(=O)=O)CC2)c1)C1CCOCC1. The second-order valence-electron chi connectivity index (χ2n) is 8.47. The average Bonchev–Trinajstić information content (AvgIpc) is 2.78. The summed E-state index contributed by atoms with van der Waals surface area (Å²) in [5.41, 5.74) is 0.984. The molecule has 174 valence electrons. The van der Waals surface area contributed by atoms with Crippen LogP contribution in [0.15, 0.2) is 24.3 Å². The third-order valence-electron chi connectivity index (χ3n) is 6.19. The fraction of sp³-hybridized carbons (Fsp3) is 0.682. The molecule has 0 atom stereocenters. The van der Waals surface area contributed by atoms with Crippen LogP contribution < -0.4 is 10.1 Å². The molecule has 0 aliphatic carbocycles. The van der Waals surface area contributed by atoms with E-state index in [9.17, 15) is 13.2 Å². The molecule has 1 amide bonds. The predicted octanol–water partition coefficient (Wildman–Crippen LogP) is 1.46. The van der Waals surface area contributed by atoms with Crippen molar-refractivity contribution >= 4 is 15.9 Å². The number of hydrogen-bond donors (Lipinski definition) is 1. The number of likely N-dealkylation sites (N-methyl/N-ethyl adjacent to an activating group) is 1. The number of benzene rings is 1. The van der Waals surface area contributed by atoms with Crippen molar-refractivity contribution in [2.75, 3.05) is 52.8 Å². The minimum Gasteiger partial charge on any atom is -0.492 e. The first-order valence-corrected chi connectivity index (χ1v) is 12.9. The van der Waals surface area contributed by atoms with Gasteiger partial charge in [0.1, 0.15) is 12.4 Å². The summed E-state index contributed by atoms with van der Waals surface area (Å²) in [4.78, 5) is 14.8. The van der Waals surface area contributed by atoms with Crippen LogP contribution in [0.3, 0.4) is 0 Å². The fourth-order valence-electron chi connectivity index (χ4n) is 4.14. The highest BCUT2D eigenvalue weighted by Crippen LogP contribution is 2.20. The highest BCUT2D eigenvalue weighted by atomic mass is 32.2. The lowest BCUT2D eigenvalue weighted by molar-refractivity contribution is -0.126. The first kappa shape index (κ1) is 24.0. The van der Waals surface area contributed by atoms with Gasteiger partial charge >= 0.3 is 0 Å². The Hall–Kier alpha value is -1.68. The second-order valence-corrected chi connectivity index (χ2v) is 10.5. The van der Waals surface area contributed by atoms with Crippen molar-refractivity contribution in [3.63, 3.8) is 0 Å². The van der Waals surface area contributed by atoms with Crippen LogP contribution in [0.5, 0.6) is 5.75 Å². The summed E-state index contributed by atoms with van der Waals surface area (Å²) in [5, 5.41) is 2.98. The lowest BCUT2D eigenvalue weighted by Gasteiger charge is -2.31. The monoisotopic (exact) mass is 453 g/mol. The van der Waals surface area contributed by atoms with Gasteiger partial charge in [0, 0.05) is 51.4 Å². The van der Waals surface area contributed by atoms with Crippen molar-refractivity contribution in [1.82, 2.24) is 14.5 Å². The molecule has 0 aromatic heterocycles. The molecular weight excluding hydrogens is 418 g/mol. The van der Waals surface area contributed by atoms with E-state index in [4.69, 9.17) is 9.47 Å². The molecule has 0 saturated carbocycles. The first-order valence-electron chi connectivity index (χ1n) is 11.1. The Morgan fingerprint density at radius 3 is 2.61 bits per heavy atom. The number of nitrogens with zero attached hydrogens (tertiary/aromatic N) is 2. The van der Waals surface area contributed by atoms with Gasteiger partial charge in [-0.25, -0.2) is 12.7 Å². The smallest absolute Gasteiger partial charge is 0.223 e. The molecule has 0 radical (unpaired) electrons. The predicted molar refractivity (Wildman–Crippen MR) is 119 cm³/mol. The van der Waals surface area contributed by atoms with Crippen LogP contribution in [-0.2, 0) is 26.1 Å². The summed E-state index contributed by atoms with van der Waals surface area (Å²) >= 11 is 0. The quantitative estimate of drug-likeness (QED) is 0.609. The van der Waals surface area contributed by atoms with Crippen LogP contribution in [0.1, 0.15) is 31.2 Å². The van der Waals surface area contributed by atoms with Gasteiger partial charge in [0.25, 0.3) is 0 Å². The lowest BCUT2D eigenvalue weighted by Crippen LogP contribution is -2.42. The summed E-state index contributed by atoms with van der Waals surface area (Å²) in [6, 6.07) is 8.35. The number of carbonyl (C=O) groups is 1. The molecule has 9 heteroatoms. The zero-order valence-corrected chi connectivity index (χ0v) is 19.4. The molecule has 0 bridgehead atoms. The number of carbonyl (C=O) groups excluding carboxylic acids is 1. The van der Waals surface area contributed by atoms with Gasteiger partial charge in [0.2, 0.25) is 15.9 Å². The number of ether oxygens (including phenoxy) is 2. The van der Waals surface area contributed by atoms with Crippen molar-refractivity contribution in [1.29, 1.82) is 0 Å². The Morgan fingerprint density at radius 2 is 1.94 bits per heavy atom. The maximum Gasteiger partial charge on any atom is 0.223 e. The van der Waals surface area contributed by atoms with E-state index < -0.39 is 10.0 Å². The Morgan fingerprint density at radius 1 is 1.23 bits per heavy atom. The largest absolute Gasteiger partial charge is 0.492 e. The number of amides is 1. The van der Waals surface area contributed by atoms with Gasteiger partial charge in [0.15, 0.2) is 0 Å². The maximum atomic E-state index is 12.5. The number of hydrogen-bond acceptors (Lipinski definition) is 6. The van der Waals surface area contributed by atoms with E-state index in [1.807, 2.05) is 24.3 Å². The molecule has 1 aromatic carbocycles. The van der Waals surface area contributed by atoms with Crippen LogP contribution in [0.2, 0.25) is 0 Å². The summed E-state index contributed by atoms with van der Waals surface area (Å²) in [5.74, 6) is 0.643. The van der Waals surface area contributed by atoms with Crippen molar-refractivity contribution in [2.45, 2.75) is 38.3 Å². The van der Waals surface area contributed by atoms with Gasteiger partial charge in [0.05, 0.1) is 6.26 Å². The maximum absolute atomic E-state index is 12.5. The number of rotatable bonds is 9. The third-order valence-corrected chi connectivity index (χ3v) is 7.49. The molecule has 8 nitrogen and oxygen atoms in total. The van der Waals surface area contributed by atoms with Crippen LogP contribution in [0.4, 0.5) is 0 Å². The minimum absolute atomic E-state index is 0.0161. The molecule has 2 aliphatic heterocycles. The van der Waals surface area contributed by atoms with E-state index in [0.717, 1.165) is 43.9 Å². The summed E-state index contributed by atoms with van der Waals surface area (Å²) in [6.07, 6.45) is 4.47. The third kappa shape index (κ3) is 7.45. The van der Waals surface area contributed by atoms with E-state index in [0.29, 0.717) is 45.1 Å². The Labute approximate surface area is 185 Å². The molecular formula is C22H35N3O5S. The van der Waals surface area contributed by atoms with E-state index in [1.165, 1.54) is 10.6 Å². The standard InChI is InChI=1S/C22H35N3O5S/c1-24(20-8-13-29-14-9-20)12-15-30-21-5-3-4-18(16-21)17-23-22(26)19-6-10-25(11-7-19)31(2,27)28/h3-5,16,19-20H,6-15,17H2,1-2H3,(H,23,26). The molecule has 1 aromatic rings. The summed E-state index contributed by atoms with van der Waals surface area (Å²) in [7, 11) is -1.05. The van der Waals surface area contributed by atoms with Gasteiger partial charge in [-0.15, -0.1) is 0 Å². The fourth-order valence-corrected chi connectivity index (χ4v) is 5.02. The molecule has 1 N–H and O–H groups in total. The van der Waals surface area contributed by atoms with Crippen molar-refractivity contribution in [2.24, 2.45) is 5.92 Å². The number of nitrogens with one attached hydrogen (secondary N) is 1. The van der Waals surface area contributed by atoms with Gasteiger partial charge in [-0.1, -0.05) is 12.1 Å². The molecule has 31 heavy (non-hydrogen) atoms. The lowest BCUT2D eigenvalue weighted by atomic mass is 9.97. The van der Waals surface area contributed by atoms with Crippen LogP contribution in [0, 0.1) is 5.92 Å². The minimum atomic E-state index is -3.18. The van der Waals surface area contributed by atoms with E-state index in [-0.39, 0.29) is 11.8 Å². The van der Waals surface area contributed by atoms with Crippen LogP contribution in [-0.4, -0.2) is 82.3 Å². The molecule has 2 aliphatic rings. The average molecular weight is 454 g/mol. The Balaban J connectivity index is 1.39. The summed E-state index contributed by atoms with van der Waals surface area (Å²) in [6.45, 7) is 4.39. The van der Waals surface area contributed by atoms with Crippen LogP contribution >= 0.6 is 0 Å². The highest BCUT2D eigenvalue weighted by molar-refractivity contribution is 7.88. The van der Waals surface area contributed by atoms with Gasteiger partial charge in [-0.2, -0.15) is 0 Å². The van der Waals surface area contributed by atoms with Crippen molar-refractivity contribution in [3.8, 4) is 5.75 Å². The normalized spacial score (nSPS) is 19.5. The highest BCUT2D eigenvalue weighted by Gasteiger charge is 2.28. The van der Waals surface area contributed by atoms with Gasteiger partial charge < -0.3 is 14.8 Å². The van der Waals surface area contributed by atoms with Crippen molar-refractivity contribution in [3.05, 3.63) is 29.8 Å². The molecule has 2 saturated heterocycles. The van der Waals surface area contributed by atoms with E-state index in [2.05, 4.69) is 17.3 Å². The van der Waals surface area contributed by atoms with Gasteiger partial charge in [-0.05, 0) is 50.4 Å². The van der Waals surface area contributed by atoms with E-state index >= 15 is 0 Å². The Kier molecular flexibility index (Phi) is 8.71. The number of piperidine rings is 1. The zero-order chi connectivity index (χ0) is 22.3. The van der Waals surface area contributed by atoms with Crippen LogP contribution in [0.25, 0.3) is 0 Å². The first-order chi connectivity index (χ1) is 14.8. The zero-order valence-electron chi connectivity index (χ0n) is 18.6. The molecule has 0 spiro atoms. The topological polar surface area (TPSA) is 88.2 Å². The molecule has 2 heterocycles. The van der Waals surface area contributed by atoms with Crippen molar-refractivity contribution < 1.29 is 22.7 Å². The molecule has 0 unspecified atom stereocenters. The Bertz CT molecular complexity index is 818.